The Bertz CT molecular complexity index is 330. The molecule has 0 saturated carbocycles. The molecule has 3 nitrogen and oxygen atoms in total. The quantitative estimate of drug-likeness (QED) is 0.623. The molecule has 1 aromatic rings. The van der Waals surface area contributed by atoms with Crippen LogP contribution in [0, 0.1) is 0 Å². The van der Waals surface area contributed by atoms with Gasteiger partial charge in [-0.1, -0.05) is 0 Å². The van der Waals surface area contributed by atoms with Crippen LogP contribution >= 0.6 is 39.5 Å². The summed E-state index contributed by atoms with van der Waals surface area (Å²) in [6.45, 7) is 2.37. The van der Waals surface area contributed by atoms with Crippen LogP contribution in [0.5, 0.6) is 0 Å². The molecule has 16 heavy (non-hydrogen) atoms. The Kier molecular flexibility index (Phi) is 6.95. The Morgan fingerprint density at radius 2 is 2.38 bits per heavy atom. The van der Waals surface area contributed by atoms with Crippen LogP contribution in [0.4, 0.5) is 0 Å². The molecule has 0 atom stereocenters. The molecule has 1 rings (SSSR count). The fourth-order valence-electron chi connectivity index (χ4n) is 1.09. The van der Waals surface area contributed by atoms with Gasteiger partial charge in [-0.3, -0.25) is 0 Å². The predicted octanol–water partition coefficient (Wildman–Crippen LogP) is 2.51. The van der Waals surface area contributed by atoms with Crippen molar-refractivity contribution in [1.29, 1.82) is 0 Å². The van der Waals surface area contributed by atoms with Crippen LogP contribution in [-0.4, -0.2) is 25.4 Å². The highest BCUT2D eigenvalue weighted by molar-refractivity contribution is 9.10. The smallest absolute Gasteiger partial charge is 0.166 e. The van der Waals surface area contributed by atoms with Crippen LogP contribution in [-0.2, 0) is 11.3 Å². The Balaban J connectivity index is 2.10. The summed E-state index contributed by atoms with van der Waals surface area (Å²) in [5.41, 5.74) is 0. The minimum atomic E-state index is 0.695. The Morgan fingerprint density at radius 1 is 1.56 bits per heavy atom. The summed E-state index contributed by atoms with van der Waals surface area (Å²) in [5.74, 6) is 0. The molecule has 0 aliphatic heterocycles. The first-order chi connectivity index (χ1) is 7.72. The SMILES string of the molecule is COCCCNC(=S)NCc1cc(Br)cs1. The van der Waals surface area contributed by atoms with Gasteiger partial charge in [0.05, 0.1) is 6.54 Å². The van der Waals surface area contributed by atoms with E-state index in [0.717, 1.165) is 30.6 Å². The maximum absolute atomic E-state index is 5.14. The standard InChI is InChI=1S/C10H15BrN2OS2/c1-14-4-2-3-12-10(15)13-6-9-5-8(11)7-16-9/h5,7H,2-4,6H2,1H3,(H2,12,13,15). The van der Waals surface area contributed by atoms with Gasteiger partial charge in [0.2, 0.25) is 0 Å². The fourth-order valence-corrected chi connectivity index (χ4v) is 2.66. The van der Waals surface area contributed by atoms with Crippen molar-refractivity contribution in [2.75, 3.05) is 20.3 Å². The van der Waals surface area contributed by atoms with E-state index in [-0.39, 0.29) is 0 Å². The molecule has 0 aliphatic carbocycles. The fraction of sp³-hybridized carbons (Fsp3) is 0.500. The maximum atomic E-state index is 5.14. The van der Waals surface area contributed by atoms with Crippen LogP contribution in [0.25, 0.3) is 0 Å². The summed E-state index contributed by atoms with van der Waals surface area (Å²) in [6, 6.07) is 2.09. The molecule has 0 aliphatic rings. The average molecular weight is 323 g/mol. The lowest BCUT2D eigenvalue weighted by Gasteiger charge is -2.09. The summed E-state index contributed by atoms with van der Waals surface area (Å²) in [4.78, 5) is 1.26. The number of rotatable bonds is 6. The van der Waals surface area contributed by atoms with Crippen molar-refractivity contribution in [1.82, 2.24) is 10.6 Å². The summed E-state index contributed by atoms with van der Waals surface area (Å²) in [6.07, 6.45) is 0.961. The Labute approximate surface area is 114 Å². The molecule has 0 spiro atoms. The van der Waals surface area contributed by atoms with E-state index < -0.39 is 0 Å². The van der Waals surface area contributed by atoms with Crippen LogP contribution < -0.4 is 10.6 Å². The molecule has 0 amide bonds. The van der Waals surface area contributed by atoms with Gasteiger partial charge in [0.15, 0.2) is 5.11 Å². The van der Waals surface area contributed by atoms with E-state index in [9.17, 15) is 0 Å². The molecule has 0 bridgehead atoms. The number of nitrogens with one attached hydrogen (secondary N) is 2. The molecule has 0 fully saturated rings. The minimum absolute atomic E-state index is 0.695. The molecule has 0 aromatic carbocycles. The first-order valence-corrected chi connectivity index (χ1v) is 7.04. The topological polar surface area (TPSA) is 33.3 Å². The number of thiophene rings is 1. The summed E-state index contributed by atoms with van der Waals surface area (Å²) in [7, 11) is 1.70. The third-order valence-corrected chi connectivity index (χ3v) is 3.84. The van der Waals surface area contributed by atoms with Crippen molar-refractivity contribution in [3.63, 3.8) is 0 Å². The highest BCUT2D eigenvalue weighted by Gasteiger charge is 1.99. The average Bonchev–Trinajstić information content (AvgIpc) is 2.68. The monoisotopic (exact) mass is 322 g/mol. The van der Waals surface area contributed by atoms with Gasteiger partial charge in [-0.05, 0) is 40.6 Å². The molecular formula is C10H15BrN2OS2. The minimum Gasteiger partial charge on any atom is -0.385 e. The van der Waals surface area contributed by atoms with E-state index in [1.807, 2.05) is 0 Å². The number of thiocarbonyl (C=S) groups is 1. The van der Waals surface area contributed by atoms with Gasteiger partial charge in [0.1, 0.15) is 0 Å². The molecule has 0 saturated heterocycles. The number of methoxy groups -OCH3 is 1. The lowest BCUT2D eigenvalue weighted by molar-refractivity contribution is 0.195. The highest BCUT2D eigenvalue weighted by atomic mass is 79.9. The van der Waals surface area contributed by atoms with Crippen molar-refractivity contribution in [2.24, 2.45) is 0 Å². The first kappa shape index (κ1) is 13.9. The summed E-state index contributed by atoms with van der Waals surface area (Å²) in [5, 5.41) is 9.04. The third kappa shape index (κ3) is 5.79. The molecule has 1 aromatic heterocycles. The molecular weight excluding hydrogens is 308 g/mol. The lowest BCUT2D eigenvalue weighted by atomic mass is 10.4. The van der Waals surface area contributed by atoms with Crippen LogP contribution in [0.1, 0.15) is 11.3 Å². The van der Waals surface area contributed by atoms with E-state index in [1.54, 1.807) is 18.4 Å². The highest BCUT2D eigenvalue weighted by Crippen LogP contribution is 2.19. The van der Waals surface area contributed by atoms with Crippen LogP contribution in [0.2, 0.25) is 0 Å². The molecule has 0 radical (unpaired) electrons. The Hall–Kier alpha value is -0.170. The second-order valence-electron chi connectivity index (χ2n) is 3.19. The maximum Gasteiger partial charge on any atom is 0.166 e. The first-order valence-electron chi connectivity index (χ1n) is 4.96. The van der Waals surface area contributed by atoms with E-state index in [2.05, 4.69) is 38.0 Å². The largest absolute Gasteiger partial charge is 0.385 e. The van der Waals surface area contributed by atoms with E-state index in [0.29, 0.717) is 5.11 Å². The Morgan fingerprint density at radius 3 is 3.00 bits per heavy atom. The third-order valence-electron chi connectivity index (χ3n) is 1.86. The van der Waals surface area contributed by atoms with Crippen LogP contribution in [0.3, 0.4) is 0 Å². The molecule has 2 N–H and O–H groups in total. The zero-order valence-corrected chi connectivity index (χ0v) is 12.3. The summed E-state index contributed by atoms with van der Waals surface area (Å²) < 4.78 is 6.07. The van der Waals surface area contributed by atoms with E-state index in [4.69, 9.17) is 17.0 Å². The second kappa shape index (κ2) is 8.00. The van der Waals surface area contributed by atoms with Gasteiger partial charge in [0, 0.05) is 35.0 Å². The van der Waals surface area contributed by atoms with Crippen molar-refractivity contribution in [3.05, 3.63) is 20.8 Å². The molecule has 0 unspecified atom stereocenters. The van der Waals surface area contributed by atoms with Crippen molar-refractivity contribution >= 4 is 44.6 Å². The molecule has 1 heterocycles. The van der Waals surface area contributed by atoms with Crippen molar-refractivity contribution in [3.8, 4) is 0 Å². The summed E-state index contributed by atoms with van der Waals surface area (Å²) >= 11 is 10.3. The van der Waals surface area contributed by atoms with Crippen molar-refractivity contribution in [2.45, 2.75) is 13.0 Å². The van der Waals surface area contributed by atoms with E-state index >= 15 is 0 Å². The van der Waals surface area contributed by atoms with Gasteiger partial charge in [-0.15, -0.1) is 11.3 Å². The number of hydrogen-bond acceptors (Lipinski definition) is 3. The second-order valence-corrected chi connectivity index (χ2v) is 5.51. The van der Waals surface area contributed by atoms with Crippen LogP contribution in [0.15, 0.2) is 15.9 Å². The zero-order chi connectivity index (χ0) is 11.8. The molecule has 6 heteroatoms. The number of halogens is 1. The number of hydrogen-bond donors (Lipinski definition) is 2. The van der Waals surface area contributed by atoms with Gasteiger partial charge in [0.25, 0.3) is 0 Å². The normalized spacial score (nSPS) is 10.1. The molecule has 90 valence electrons. The van der Waals surface area contributed by atoms with Gasteiger partial charge in [-0.25, -0.2) is 0 Å². The van der Waals surface area contributed by atoms with Gasteiger partial charge >= 0.3 is 0 Å². The predicted molar refractivity (Wildman–Crippen MR) is 76.0 cm³/mol. The van der Waals surface area contributed by atoms with Crippen molar-refractivity contribution < 1.29 is 4.74 Å². The van der Waals surface area contributed by atoms with E-state index in [1.165, 1.54) is 4.88 Å². The van der Waals surface area contributed by atoms with Gasteiger partial charge < -0.3 is 15.4 Å². The van der Waals surface area contributed by atoms with Gasteiger partial charge in [-0.2, -0.15) is 0 Å². The number of ether oxygens (including phenoxy) is 1. The lowest BCUT2D eigenvalue weighted by Crippen LogP contribution is -2.35. The zero-order valence-electron chi connectivity index (χ0n) is 9.09.